The van der Waals surface area contributed by atoms with Gasteiger partial charge in [-0.2, -0.15) is 0 Å². The second-order valence-electron chi connectivity index (χ2n) is 5.97. The Labute approximate surface area is 147 Å². The first kappa shape index (κ1) is 18.8. The highest BCUT2D eigenvalue weighted by molar-refractivity contribution is 6.32. The van der Waals surface area contributed by atoms with Crippen LogP contribution in [0.4, 0.5) is 0 Å². The highest BCUT2D eigenvalue weighted by atomic mass is 35.5. The van der Waals surface area contributed by atoms with E-state index in [1.54, 1.807) is 14.2 Å². The molecule has 7 heteroatoms. The third-order valence-electron chi connectivity index (χ3n) is 4.46. The predicted molar refractivity (Wildman–Crippen MR) is 93.1 cm³/mol. The van der Waals surface area contributed by atoms with E-state index in [2.05, 4.69) is 5.32 Å². The van der Waals surface area contributed by atoms with Crippen LogP contribution in [0.25, 0.3) is 0 Å². The monoisotopic (exact) mass is 356 g/mol. The lowest BCUT2D eigenvalue weighted by molar-refractivity contribution is -0.139. The quantitative estimate of drug-likeness (QED) is 0.708. The maximum Gasteiger partial charge on any atom is 0.317 e. The number of nitrogens with zero attached hydrogens (tertiary/aromatic N) is 1. The first-order chi connectivity index (χ1) is 11.5. The van der Waals surface area contributed by atoms with Crippen LogP contribution in [0.2, 0.25) is 5.02 Å². The van der Waals surface area contributed by atoms with Crippen LogP contribution in [-0.2, 0) is 11.3 Å². The topological polar surface area (TPSA) is 71.0 Å². The van der Waals surface area contributed by atoms with Crippen molar-refractivity contribution in [3.63, 3.8) is 0 Å². The van der Waals surface area contributed by atoms with E-state index in [9.17, 15) is 4.79 Å². The lowest BCUT2D eigenvalue weighted by atomic mass is 9.85. The number of hydrogen-bond acceptors (Lipinski definition) is 5. The highest BCUT2D eigenvalue weighted by Crippen LogP contribution is 2.36. The molecule has 6 nitrogen and oxygen atoms in total. The summed E-state index contributed by atoms with van der Waals surface area (Å²) < 4.78 is 10.5. The summed E-state index contributed by atoms with van der Waals surface area (Å²) in [6.07, 6.45) is 1.92. The van der Waals surface area contributed by atoms with E-state index in [0.29, 0.717) is 35.2 Å². The molecule has 1 aliphatic carbocycles. The maximum absolute atomic E-state index is 10.9. The lowest BCUT2D eigenvalue weighted by Crippen LogP contribution is -2.53. The SMILES string of the molecule is CCN(CC(=O)O)C1CC(NCc2cc(Cl)c(OC)c(OC)c2)C1. The second-order valence-corrected chi connectivity index (χ2v) is 6.38. The summed E-state index contributed by atoms with van der Waals surface area (Å²) in [4.78, 5) is 12.9. The van der Waals surface area contributed by atoms with Gasteiger partial charge in [0, 0.05) is 18.6 Å². The van der Waals surface area contributed by atoms with Gasteiger partial charge in [-0.25, -0.2) is 0 Å². The molecule has 0 heterocycles. The molecule has 1 aromatic rings. The van der Waals surface area contributed by atoms with Crippen molar-refractivity contribution in [2.45, 2.75) is 38.4 Å². The Morgan fingerprint density at radius 1 is 1.38 bits per heavy atom. The van der Waals surface area contributed by atoms with Crippen molar-refractivity contribution < 1.29 is 19.4 Å². The molecule has 0 atom stereocenters. The Hall–Kier alpha value is -1.50. The van der Waals surface area contributed by atoms with Crippen molar-refractivity contribution in [1.82, 2.24) is 10.2 Å². The van der Waals surface area contributed by atoms with E-state index in [1.165, 1.54) is 0 Å². The molecule has 2 rings (SSSR count). The third-order valence-corrected chi connectivity index (χ3v) is 4.74. The minimum absolute atomic E-state index is 0.110. The van der Waals surface area contributed by atoms with Gasteiger partial charge in [-0.3, -0.25) is 9.69 Å². The van der Waals surface area contributed by atoms with Gasteiger partial charge in [-0.1, -0.05) is 18.5 Å². The number of nitrogens with one attached hydrogen (secondary N) is 1. The Balaban J connectivity index is 1.85. The molecule has 1 saturated carbocycles. The van der Waals surface area contributed by atoms with Crippen molar-refractivity contribution >= 4 is 17.6 Å². The number of methoxy groups -OCH3 is 2. The summed E-state index contributed by atoms with van der Waals surface area (Å²) in [7, 11) is 3.15. The number of aliphatic carboxylic acids is 1. The fraction of sp³-hybridized carbons (Fsp3) is 0.588. The van der Waals surface area contributed by atoms with Crippen LogP contribution in [0.15, 0.2) is 12.1 Å². The standard InChI is InChI=1S/C17H25ClN2O4/c1-4-20(10-16(21)22)13-7-12(8-13)19-9-11-5-14(18)17(24-3)15(6-11)23-2/h5-6,12-13,19H,4,7-10H2,1-3H3,(H,21,22). The van der Waals surface area contributed by atoms with Crippen LogP contribution < -0.4 is 14.8 Å². The van der Waals surface area contributed by atoms with Crippen LogP contribution >= 0.6 is 11.6 Å². The van der Waals surface area contributed by atoms with E-state index < -0.39 is 5.97 Å². The zero-order valence-electron chi connectivity index (χ0n) is 14.3. The predicted octanol–water partition coefficient (Wildman–Crippen LogP) is 2.38. The van der Waals surface area contributed by atoms with Crippen molar-refractivity contribution in [3.05, 3.63) is 22.7 Å². The van der Waals surface area contributed by atoms with Crippen molar-refractivity contribution in [2.24, 2.45) is 0 Å². The van der Waals surface area contributed by atoms with Gasteiger partial charge in [0.2, 0.25) is 0 Å². The molecule has 0 saturated heterocycles. The summed E-state index contributed by atoms with van der Waals surface area (Å²) in [5, 5.41) is 12.9. The number of likely N-dealkylation sites (N-methyl/N-ethyl adjacent to an activating group) is 1. The Morgan fingerprint density at radius 3 is 2.62 bits per heavy atom. The van der Waals surface area contributed by atoms with Crippen LogP contribution in [-0.4, -0.2) is 55.4 Å². The van der Waals surface area contributed by atoms with Crippen LogP contribution in [0.1, 0.15) is 25.3 Å². The van der Waals surface area contributed by atoms with Gasteiger partial charge in [0.05, 0.1) is 25.8 Å². The van der Waals surface area contributed by atoms with Crippen LogP contribution in [0.3, 0.4) is 0 Å². The zero-order valence-corrected chi connectivity index (χ0v) is 15.1. The Morgan fingerprint density at radius 2 is 2.08 bits per heavy atom. The molecule has 1 aliphatic rings. The number of carboxylic acids is 1. The average Bonchev–Trinajstić information content (AvgIpc) is 2.51. The number of ether oxygens (including phenoxy) is 2. The van der Waals surface area contributed by atoms with Gasteiger partial charge in [0.25, 0.3) is 0 Å². The number of carbonyl (C=O) groups is 1. The summed E-state index contributed by atoms with van der Waals surface area (Å²) in [6.45, 7) is 3.55. The van der Waals surface area contributed by atoms with E-state index in [1.807, 2.05) is 24.0 Å². The Bertz CT molecular complexity index is 576. The molecule has 134 valence electrons. The molecule has 2 N–H and O–H groups in total. The normalized spacial score (nSPS) is 19.9. The van der Waals surface area contributed by atoms with E-state index in [4.69, 9.17) is 26.2 Å². The molecule has 0 bridgehead atoms. The van der Waals surface area contributed by atoms with Gasteiger partial charge in [-0.05, 0) is 37.1 Å². The van der Waals surface area contributed by atoms with E-state index in [0.717, 1.165) is 24.9 Å². The van der Waals surface area contributed by atoms with Crippen molar-refractivity contribution in [1.29, 1.82) is 0 Å². The van der Waals surface area contributed by atoms with Gasteiger partial charge in [0.1, 0.15) is 0 Å². The number of halogens is 1. The first-order valence-corrected chi connectivity index (χ1v) is 8.45. The minimum Gasteiger partial charge on any atom is -0.493 e. The third kappa shape index (κ3) is 4.53. The van der Waals surface area contributed by atoms with E-state index >= 15 is 0 Å². The second kappa shape index (κ2) is 8.55. The summed E-state index contributed by atoms with van der Waals surface area (Å²) in [5.41, 5.74) is 1.03. The van der Waals surface area contributed by atoms with Crippen molar-refractivity contribution in [2.75, 3.05) is 27.3 Å². The molecular weight excluding hydrogens is 332 g/mol. The zero-order chi connectivity index (χ0) is 17.7. The highest BCUT2D eigenvalue weighted by Gasteiger charge is 2.33. The fourth-order valence-corrected chi connectivity index (χ4v) is 3.37. The summed E-state index contributed by atoms with van der Waals surface area (Å²) >= 11 is 6.21. The lowest BCUT2D eigenvalue weighted by Gasteiger charge is -2.42. The largest absolute Gasteiger partial charge is 0.493 e. The molecule has 0 aromatic heterocycles. The van der Waals surface area contributed by atoms with Crippen LogP contribution in [0, 0.1) is 0 Å². The molecule has 0 aliphatic heterocycles. The molecule has 1 aromatic carbocycles. The molecular formula is C17H25ClN2O4. The molecule has 24 heavy (non-hydrogen) atoms. The molecule has 1 fully saturated rings. The smallest absolute Gasteiger partial charge is 0.317 e. The summed E-state index contributed by atoms with van der Waals surface area (Å²) in [5.74, 6) is 0.388. The van der Waals surface area contributed by atoms with Gasteiger partial charge < -0.3 is 19.9 Å². The molecule has 0 amide bonds. The number of benzene rings is 1. The fourth-order valence-electron chi connectivity index (χ4n) is 3.06. The summed E-state index contributed by atoms with van der Waals surface area (Å²) in [6, 6.07) is 4.52. The Kier molecular flexibility index (Phi) is 6.71. The van der Waals surface area contributed by atoms with Crippen LogP contribution in [0.5, 0.6) is 11.5 Å². The molecule has 0 radical (unpaired) electrons. The first-order valence-electron chi connectivity index (χ1n) is 8.08. The van der Waals surface area contributed by atoms with Crippen molar-refractivity contribution in [3.8, 4) is 11.5 Å². The number of rotatable bonds is 9. The van der Waals surface area contributed by atoms with E-state index in [-0.39, 0.29) is 6.54 Å². The average molecular weight is 357 g/mol. The van der Waals surface area contributed by atoms with Gasteiger partial charge in [-0.15, -0.1) is 0 Å². The molecule has 0 spiro atoms. The maximum atomic E-state index is 10.9. The molecule has 0 unspecified atom stereocenters. The van der Waals surface area contributed by atoms with Gasteiger partial charge in [0.15, 0.2) is 11.5 Å². The number of hydrogen-bond donors (Lipinski definition) is 2. The minimum atomic E-state index is -0.770. The number of carboxylic acid groups (broad SMARTS) is 1. The van der Waals surface area contributed by atoms with Gasteiger partial charge >= 0.3 is 5.97 Å².